The molecule has 1 N–H and O–H groups in total. The molecule has 2 nitrogen and oxygen atoms in total. The van der Waals surface area contributed by atoms with Crippen LogP contribution in [0.2, 0.25) is 0 Å². The van der Waals surface area contributed by atoms with Crippen LogP contribution < -0.4 is 5.32 Å². The van der Waals surface area contributed by atoms with E-state index >= 15 is 0 Å². The highest BCUT2D eigenvalue weighted by Crippen LogP contribution is 2.44. The third-order valence-electron chi connectivity index (χ3n) is 3.48. The van der Waals surface area contributed by atoms with Gasteiger partial charge >= 0.3 is 0 Å². The van der Waals surface area contributed by atoms with Gasteiger partial charge in [-0.25, -0.2) is 4.98 Å². The first-order chi connectivity index (χ1) is 9.78. The second-order valence-electron chi connectivity index (χ2n) is 5.29. The molecule has 0 unspecified atom stereocenters. The standard InChI is InChI=1S/C16H19BrN2S/c1-2-8-18-10-14-15(11-6-7-11)19-16(20-14)12-4-3-5-13(17)9-12/h3-5,9,11,18H,2,6-8,10H2,1H3. The zero-order valence-electron chi connectivity index (χ0n) is 11.7. The van der Waals surface area contributed by atoms with Gasteiger partial charge in [-0.15, -0.1) is 11.3 Å². The number of nitrogens with one attached hydrogen (secondary N) is 1. The molecule has 0 atom stereocenters. The Bertz CT molecular complexity index is 590. The van der Waals surface area contributed by atoms with E-state index < -0.39 is 0 Å². The summed E-state index contributed by atoms with van der Waals surface area (Å²) in [6.45, 7) is 4.24. The molecule has 20 heavy (non-hydrogen) atoms. The van der Waals surface area contributed by atoms with Crippen LogP contribution >= 0.6 is 27.3 Å². The molecule has 1 aromatic heterocycles. The van der Waals surface area contributed by atoms with Gasteiger partial charge in [-0.1, -0.05) is 35.0 Å². The second-order valence-corrected chi connectivity index (χ2v) is 7.29. The van der Waals surface area contributed by atoms with Gasteiger partial charge in [-0.3, -0.25) is 0 Å². The van der Waals surface area contributed by atoms with Crippen molar-refractivity contribution < 1.29 is 0 Å². The summed E-state index contributed by atoms with van der Waals surface area (Å²) in [6, 6.07) is 8.43. The summed E-state index contributed by atoms with van der Waals surface area (Å²) in [5.41, 5.74) is 2.56. The SMILES string of the molecule is CCCNCc1sc(-c2cccc(Br)c2)nc1C1CC1. The first-order valence-electron chi connectivity index (χ1n) is 7.24. The molecule has 0 radical (unpaired) electrons. The smallest absolute Gasteiger partial charge is 0.123 e. The highest BCUT2D eigenvalue weighted by Gasteiger charge is 2.29. The lowest BCUT2D eigenvalue weighted by Gasteiger charge is -2.01. The van der Waals surface area contributed by atoms with E-state index in [1.54, 1.807) is 0 Å². The van der Waals surface area contributed by atoms with E-state index in [2.05, 4.69) is 52.4 Å². The van der Waals surface area contributed by atoms with Crippen LogP contribution in [0.4, 0.5) is 0 Å². The van der Waals surface area contributed by atoms with Crippen molar-refractivity contribution in [2.45, 2.75) is 38.6 Å². The van der Waals surface area contributed by atoms with Crippen molar-refractivity contribution in [2.24, 2.45) is 0 Å². The third-order valence-corrected chi connectivity index (χ3v) is 5.09. The summed E-state index contributed by atoms with van der Waals surface area (Å²) in [4.78, 5) is 6.35. The Morgan fingerprint density at radius 2 is 2.25 bits per heavy atom. The predicted molar refractivity (Wildman–Crippen MR) is 89.2 cm³/mol. The number of hydrogen-bond acceptors (Lipinski definition) is 3. The van der Waals surface area contributed by atoms with Gasteiger partial charge in [-0.05, 0) is 37.9 Å². The molecule has 1 fully saturated rings. The normalized spacial score (nSPS) is 14.7. The minimum Gasteiger partial charge on any atom is -0.312 e. The van der Waals surface area contributed by atoms with Gasteiger partial charge in [0.15, 0.2) is 0 Å². The summed E-state index contributed by atoms with van der Waals surface area (Å²) in [5, 5.41) is 4.67. The van der Waals surface area contributed by atoms with Crippen molar-refractivity contribution in [3.05, 3.63) is 39.3 Å². The fraction of sp³-hybridized carbons (Fsp3) is 0.438. The molecule has 0 bridgehead atoms. The maximum atomic E-state index is 4.92. The first-order valence-corrected chi connectivity index (χ1v) is 8.85. The zero-order valence-corrected chi connectivity index (χ0v) is 14.1. The summed E-state index contributed by atoms with van der Waals surface area (Å²) in [6.07, 6.45) is 3.79. The number of nitrogens with zero attached hydrogens (tertiary/aromatic N) is 1. The average molecular weight is 351 g/mol. The minimum absolute atomic E-state index is 0.713. The molecule has 1 heterocycles. The molecule has 1 aliphatic rings. The Morgan fingerprint density at radius 3 is 2.95 bits per heavy atom. The topological polar surface area (TPSA) is 24.9 Å². The molecule has 0 aliphatic heterocycles. The van der Waals surface area contributed by atoms with E-state index in [0.717, 1.165) is 22.6 Å². The van der Waals surface area contributed by atoms with Gasteiger partial charge in [0, 0.05) is 27.4 Å². The van der Waals surface area contributed by atoms with Crippen LogP contribution in [0.1, 0.15) is 42.7 Å². The zero-order chi connectivity index (χ0) is 13.9. The van der Waals surface area contributed by atoms with Crippen LogP contribution in [0.15, 0.2) is 28.7 Å². The van der Waals surface area contributed by atoms with E-state index in [4.69, 9.17) is 4.98 Å². The van der Waals surface area contributed by atoms with Gasteiger partial charge in [0.2, 0.25) is 0 Å². The predicted octanol–water partition coefficient (Wildman–Crippen LogP) is 4.95. The Hall–Kier alpha value is -0.710. The molecule has 1 aliphatic carbocycles. The summed E-state index contributed by atoms with van der Waals surface area (Å²) in [5.74, 6) is 0.713. The third kappa shape index (κ3) is 3.30. The van der Waals surface area contributed by atoms with Crippen LogP contribution in [0.5, 0.6) is 0 Å². The molecule has 2 aromatic rings. The fourth-order valence-electron chi connectivity index (χ4n) is 2.29. The highest BCUT2D eigenvalue weighted by atomic mass is 79.9. The van der Waals surface area contributed by atoms with Crippen molar-refractivity contribution in [3.8, 4) is 10.6 Å². The van der Waals surface area contributed by atoms with E-state index in [1.165, 1.54) is 35.4 Å². The molecule has 0 amide bonds. The summed E-state index contributed by atoms with van der Waals surface area (Å²) >= 11 is 5.39. The van der Waals surface area contributed by atoms with E-state index in [0.29, 0.717) is 5.92 Å². The number of aromatic nitrogens is 1. The molecule has 1 aromatic carbocycles. The van der Waals surface area contributed by atoms with Crippen LogP contribution in [0, 0.1) is 0 Å². The van der Waals surface area contributed by atoms with Gasteiger partial charge < -0.3 is 5.32 Å². The monoisotopic (exact) mass is 350 g/mol. The Labute approximate surface area is 132 Å². The fourth-order valence-corrected chi connectivity index (χ4v) is 3.80. The lowest BCUT2D eigenvalue weighted by molar-refractivity contribution is 0.676. The Morgan fingerprint density at radius 1 is 1.40 bits per heavy atom. The highest BCUT2D eigenvalue weighted by molar-refractivity contribution is 9.10. The molecule has 1 saturated carbocycles. The molecule has 4 heteroatoms. The lowest BCUT2D eigenvalue weighted by atomic mass is 10.2. The second kappa shape index (κ2) is 6.37. The lowest BCUT2D eigenvalue weighted by Crippen LogP contribution is -2.13. The van der Waals surface area contributed by atoms with Gasteiger partial charge in [0.1, 0.15) is 5.01 Å². The van der Waals surface area contributed by atoms with Gasteiger partial charge in [0.05, 0.1) is 5.69 Å². The number of halogens is 1. The van der Waals surface area contributed by atoms with Crippen LogP contribution in [-0.4, -0.2) is 11.5 Å². The molecule has 0 spiro atoms. The average Bonchev–Trinajstić information content (AvgIpc) is 3.20. The van der Waals surface area contributed by atoms with E-state index in [-0.39, 0.29) is 0 Å². The van der Waals surface area contributed by atoms with Crippen molar-refractivity contribution >= 4 is 27.3 Å². The quantitative estimate of drug-likeness (QED) is 0.745. The molecule has 3 rings (SSSR count). The van der Waals surface area contributed by atoms with Crippen LogP contribution in [0.3, 0.4) is 0 Å². The maximum Gasteiger partial charge on any atom is 0.123 e. The Balaban J connectivity index is 1.86. The molecule has 0 saturated heterocycles. The molecular formula is C16H19BrN2S. The van der Waals surface area contributed by atoms with Gasteiger partial charge in [-0.2, -0.15) is 0 Å². The van der Waals surface area contributed by atoms with E-state index in [9.17, 15) is 0 Å². The number of thiazole rings is 1. The van der Waals surface area contributed by atoms with Crippen molar-refractivity contribution in [1.82, 2.24) is 10.3 Å². The van der Waals surface area contributed by atoms with Crippen molar-refractivity contribution in [3.63, 3.8) is 0 Å². The van der Waals surface area contributed by atoms with Gasteiger partial charge in [0.25, 0.3) is 0 Å². The van der Waals surface area contributed by atoms with E-state index in [1.807, 2.05) is 11.3 Å². The first kappa shape index (κ1) is 14.2. The number of benzene rings is 1. The molecular weight excluding hydrogens is 332 g/mol. The Kier molecular flexibility index (Phi) is 4.54. The number of rotatable bonds is 6. The number of hydrogen-bond donors (Lipinski definition) is 1. The van der Waals surface area contributed by atoms with Crippen LogP contribution in [-0.2, 0) is 6.54 Å². The molecule has 106 valence electrons. The van der Waals surface area contributed by atoms with Crippen LogP contribution in [0.25, 0.3) is 10.6 Å². The maximum absolute atomic E-state index is 4.92. The minimum atomic E-state index is 0.713. The van der Waals surface area contributed by atoms with Crippen molar-refractivity contribution in [2.75, 3.05) is 6.54 Å². The van der Waals surface area contributed by atoms with Crippen molar-refractivity contribution in [1.29, 1.82) is 0 Å². The largest absolute Gasteiger partial charge is 0.312 e. The summed E-state index contributed by atoms with van der Waals surface area (Å²) < 4.78 is 1.11. The summed E-state index contributed by atoms with van der Waals surface area (Å²) in [7, 11) is 0.